The van der Waals surface area contributed by atoms with Gasteiger partial charge >= 0.3 is 0 Å². The number of nitrogens with zero attached hydrogens (tertiary/aromatic N) is 1. The van der Waals surface area contributed by atoms with Gasteiger partial charge in [0.15, 0.2) is 0 Å². The average Bonchev–Trinajstić information content (AvgIpc) is 2.94. The fourth-order valence-electron chi connectivity index (χ4n) is 4.36. The first-order valence-corrected chi connectivity index (χ1v) is 15.9. The lowest BCUT2D eigenvalue weighted by molar-refractivity contribution is -0.120. The normalized spacial score (nSPS) is 14.9. The second kappa shape index (κ2) is 12.5. The SMILES string of the molecule is COc1ccc(OC)c(NS(=O)(=O)c2ccc(NC(=O)C3CCN(S(=O)(=O)Cc4ccccc4Cl)CC3)cc2)c1. The predicted octanol–water partition coefficient (Wildman–Crippen LogP) is 4.34. The minimum atomic E-state index is -3.95. The summed E-state index contributed by atoms with van der Waals surface area (Å²) in [6.45, 7) is 0.447. The van der Waals surface area contributed by atoms with E-state index in [0.29, 0.717) is 40.6 Å². The van der Waals surface area contributed by atoms with E-state index in [1.807, 2.05) is 0 Å². The highest BCUT2D eigenvalue weighted by molar-refractivity contribution is 7.92. The molecule has 3 aromatic rings. The number of carbonyl (C=O) groups is 1. The van der Waals surface area contributed by atoms with Crippen molar-refractivity contribution in [2.24, 2.45) is 5.92 Å². The van der Waals surface area contributed by atoms with Crippen LogP contribution in [0.3, 0.4) is 0 Å². The third-order valence-electron chi connectivity index (χ3n) is 6.60. The molecule has 0 aromatic heterocycles. The zero-order chi connectivity index (χ0) is 28.9. The lowest BCUT2D eigenvalue weighted by Crippen LogP contribution is -2.41. The molecule has 4 rings (SSSR count). The van der Waals surface area contributed by atoms with Crippen molar-refractivity contribution in [3.8, 4) is 11.5 Å². The monoisotopic (exact) mass is 607 g/mol. The van der Waals surface area contributed by atoms with Gasteiger partial charge in [0.2, 0.25) is 15.9 Å². The number of nitrogens with one attached hydrogen (secondary N) is 2. The van der Waals surface area contributed by atoms with Gasteiger partial charge in [0.05, 0.1) is 30.6 Å². The van der Waals surface area contributed by atoms with Crippen LogP contribution in [0.2, 0.25) is 5.02 Å². The van der Waals surface area contributed by atoms with E-state index in [9.17, 15) is 21.6 Å². The molecular formula is C27H30ClN3O7S2. The molecule has 1 aliphatic heterocycles. The van der Waals surface area contributed by atoms with E-state index in [0.717, 1.165) is 0 Å². The second-order valence-corrected chi connectivity index (χ2v) is 13.3. The van der Waals surface area contributed by atoms with E-state index in [-0.39, 0.29) is 41.3 Å². The van der Waals surface area contributed by atoms with Gasteiger partial charge in [-0.1, -0.05) is 29.8 Å². The van der Waals surface area contributed by atoms with Crippen molar-refractivity contribution < 1.29 is 31.1 Å². The Hall–Kier alpha value is -3.32. The molecule has 214 valence electrons. The van der Waals surface area contributed by atoms with Crippen LogP contribution in [0.5, 0.6) is 11.5 Å². The number of carbonyl (C=O) groups excluding carboxylic acids is 1. The number of anilines is 2. The summed E-state index contributed by atoms with van der Waals surface area (Å²) >= 11 is 6.12. The van der Waals surface area contributed by atoms with Gasteiger partial charge < -0.3 is 14.8 Å². The van der Waals surface area contributed by atoms with Crippen LogP contribution in [0.4, 0.5) is 11.4 Å². The van der Waals surface area contributed by atoms with E-state index >= 15 is 0 Å². The quantitative estimate of drug-likeness (QED) is 0.350. The molecule has 10 nitrogen and oxygen atoms in total. The summed E-state index contributed by atoms with van der Waals surface area (Å²) in [6.07, 6.45) is 0.735. The minimum absolute atomic E-state index is 0.00703. The van der Waals surface area contributed by atoms with Gasteiger partial charge in [-0.05, 0) is 60.9 Å². The molecule has 0 atom stereocenters. The Labute approximate surface area is 239 Å². The van der Waals surface area contributed by atoms with Crippen molar-refractivity contribution in [1.29, 1.82) is 0 Å². The first-order valence-electron chi connectivity index (χ1n) is 12.4. The molecule has 40 heavy (non-hydrogen) atoms. The van der Waals surface area contributed by atoms with E-state index in [1.165, 1.54) is 48.9 Å². The number of sulfonamides is 2. The molecule has 0 unspecified atom stereocenters. The zero-order valence-electron chi connectivity index (χ0n) is 22.0. The van der Waals surface area contributed by atoms with Crippen molar-refractivity contribution in [2.75, 3.05) is 37.3 Å². The molecule has 3 aromatic carbocycles. The third-order valence-corrected chi connectivity index (χ3v) is 10.2. The maximum absolute atomic E-state index is 12.9. The molecule has 1 heterocycles. The Kier molecular flexibility index (Phi) is 9.24. The number of halogens is 1. The van der Waals surface area contributed by atoms with Crippen molar-refractivity contribution >= 4 is 48.9 Å². The van der Waals surface area contributed by atoms with E-state index in [1.54, 1.807) is 36.4 Å². The Morgan fingerprint density at radius 1 is 0.950 bits per heavy atom. The summed E-state index contributed by atoms with van der Waals surface area (Å²) in [5.74, 6) is -0.0370. The molecule has 2 N–H and O–H groups in total. The van der Waals surface area contributed by atoms with E-state index in [2.05, 4.69) is 10.0 Å². The molecule has 0 radical (unpaired) electrons. The summed E-state index contributed by atoms with van der Waals surface area (Å²) < 4.78 is 65.9. The summed E-state index contributed by atoms with van der Waals surface area (Å²) in [7, 11) is -4.62. The number of piperidine rings is 1. The third kappa shape index (κ3) is 7.05. The fourth-order valence-corrected chi connectivity index (χ4v) is 7.30. The first-order chi connectivity index (χ1) is 19.0. The molecule has 1 fully saturated rings. The fraction of sp³-hybridized carbons (Fsp3) is 0.296. The van der Waals surface area contributed by atoms with Gasteiger partial charge in [-0.3, -0.25) is 9.52 Å². The Morgan fingerprint density at radius 3 is 2.25 bits per heavy atom. The molecule has 13 heteroatoms. The van der Waals surface area contributed by atoms with Crippen LogP contribution in [0.1, 0.15) is 18.4 Å². The Bertz CT molecular complexity index is 1570. The number of methoxy groups -OCH3 is 2. The summed E-state index contributed by atoms with van der Waals surface area (Å²) in [4.78, 5) is 12.9. The molecular weight excluding hydrogens is 578 g/mol. The second-order valence-electron chi connectivity index (χ2n) is 9.21. The summed E-state index contributed by atoms with van der Waals surface area (Å²) in [5, 5.41) is 3.20. The van der Waals surface area contributed by atoms with Crippen LogP contribution in [-0.2, 0) is 30.6 Å². The highest BCUT2D eigenvalue weighted by atomic mass is 35.5. The van der Waals surface area contributed by atoms with E-state index < -0.39 is 20.0 Å². The minimum Gasteiger partial charge on any atom is -0.497 e. The molecule has 0 saturated carbocycles. The first kappa shape index (κ1) is 29.7. The van der Waals surface area contributed by atoms with Crippen LogP contribution in [-0.4, -0.2) is 54.4 Å². The van der Waals surface area contributed by atoms with Crippen molar-refractivity contribution in [3.05, 3.63) is 77.3 Å². The van der Waals surface area contributed by atoms with Crippen molar-refractivity contribution in [2.45, 2.75) is 23.5 Å². The summed E-state index contributed by atoms with van der Waals surface area (Å²) in [6, 6.07) is 17.3. The number of ether oxygens (including phenoxy) is 2. The average molecular weight is 608 g/mol. The van der Waals surface area contributed by atoms with Gasteiger partial charge in [0, 0.05) is 35.8 Å². The maximum Gasteiger partial charge on any atom is 0.262 e. The van der Waals surface area contributed by atoms with Crippen LogP contribution >= 0.6 is 11.6 Å². The zero-order valence-corrected chi connectivity index (χ0v) is 24.4. The van der Waals surface area contributed by atoms with Gasteiger partial charge in [0.25, 0.3) is 10.0 Å². The molecule has 1 saturated heterocycles. The number of benzene rings is 3. The molecule has 0 bridgehead atoms. The highest BCUT2D eigenvalue weighted by Gasteiger charge is 2.31. The Balaban J connectivity index is 1.34. The largest absolute Gasteiger partial charge is 0.497 e. The van der Waals surface area contributed by atoms with Crippen LogP contribution in [0.15, 0.2) is 71.6 Å². The number of rotatable bonds is 10. The number of hydrogen-bond donors (Lipinski definition) is 2. The van der Waals surface area contributed by atoms with Gasteiger partial charge in [0.1, 0.15) is 11.5 Å². The molecule has 0 aliphatic carbocycles. The van der Waals surface area contributed by atoms with Crippen molar-refractivity contribution in [1.82, 2.24) is 4.31 Å². The van der Waals surface area contributed by atoms with Crippen LogP contribution in [0, 0.1) is 5.92 Å². The number of hydrogen-bond acceptors (Lipinski definition) is 7. The van der Waals surface area contributed by atoms with Crippen LogP contribution in [0.25, 0.3) is 0 Å². The van der Waals surface area contributed by atoms with Crippen LogP contribution < -0.4 is 19.5 Å². The number of amides is 1. The predicted molar refractivity (Wildman–Crippen MR) is 154 cm³/mol. The highest BCUT2D eigenvalue weighted by Crippen LogP contribution is 2.31. The Morgan fingerprint density at radius 2 is 1.62 bits per heavy atom. The maximum atomic E-state index is 12.9. The molecule has 1 amide bonds. The lowest BCUT2D eigenvalue weighted by Gasteiger charge is -2.30. The topological polar surface area (TPSA) is 131 Å². The smallest absolute Gasteiger partial charge is 0.262 e. The van der Waals surface area contributed by atoms with Gasteiger partial charge in [-0.15, -0.1) is 0 Å². The van der Waals surface area contributed by atoms with E-state index in [4.69, 9.17) is 21.1 Å². The lowest BCUT2D eigenvalue weighted by atomic mass is 9.97. The standard InChI is InChI=1S/C27H30ClN3O7S2/c1-37-22-9-12-26(38-2)25(17-22)30-40(35,36)23-10-7-21(8-11-23)29-27(32)19-13-15-31(16-14-19)39(33,34)18-20-5-3-4-6-24(20)28/h3-12,17,19,30H,13-16,18H2,1-2H3,(H,29,32). The molecule has 1 aliphatic rings. The summed E-state index contributed by atoms with van der Waals surface area (Å²) in [5.41, 5.74) is 1.18. The van der Waals surface area contributed by atoms with Crippen molar-refractivity contribution in [3.63, 3.8) is 0 Å². The van der Waals surface area contributed by atoms with Gasteiger partial charge in [-0.2, -0.15) is 0 Å². The molecule has 0 spiro atoms. The van der Waals surface area contributed by atoms with Gasteiger partial charge in [-0.25, -0.2) is 21.1 Å².